The van der Waals surface area contributed by atoms with E-state index in [2.05, 4.69) is 25.3 Å². The fourth-order valence-corrected chi connectivity index (χ4v) is 3.21. The Morgan fingerprint density at radius 3 is 2.81 bits per heavy atom. The van der Waals surface area contributed by atoms with Gasteiger partial charge in [-0.3, -0.25) is 9.78 Å². The average molecular weight is 437 g/mol. The topological polar surface area (TPSA) is 103 Å². The number of hydrogen-bond acceptors (Lipinski definition) is 7. The zero-order valence-corrected chi connectivity index (χ0v) is 16.0. The molecule has 0 unspecified atom stereocenters. The van der Waals surface area contributed by atoms with Gasteiger partial charge < -0.3 is 14.5 Å². The Morgan fingerprint density at radius 1 is 1.26 bits per heavy atom. The van der Waals surface area contributed by atoms with Crippen LogP contribution in [0.2, 0.25) is 0 Å². The van der Waals surface area contributed by atoms with Crippen LogP contribution in [0.1, 0.15) is 46.5 Å². The van der Waals surface area contributed by atoms with E-state index in [1.165, 1.54) is 13.2 Å². The molecule has 1 aliphatic carbocycles. The lowest BCUT2D eigenvalue weighted by Crippen LogP contribution is -2.32. The number of pyridine rings is 1. The summed E-state index contributed by atoms with van der Waals surface area (Å²) in [5.74, 6) is -0.891. The Kier molecular flexibility index (Phi) is 5.29. The highest BCUT2D eigenvalue weighted by Gasteiger charge is 2.34. The number of rotatable bonds is 4. The highest BCUT2D eigenvalue weighted by Crippen LogP contribution is 2.34. The second kappa shape index (κ2) is 7.93. The number of aromatic nitrogens is 4. The van der Waals surface area contributed by atoms with Crippen LogP contribution in [-0.4, -0.2) is 33.0 Å². The molecule has 162 valence electrons. The third-order valence-corrected chi connectivity index (χ3v) is 4.69. The lowest BCUT2D eigenvalue weighted by Gasteiger charge is -2.21. The quantitative estimate of drug-likeness (QED) is 0.623. The average Bonchev–Trinajstić information content (AvgIpc) is 3.19. The number of methoxy groups -OCH3 is 1. The van der Waals surface area contributed by atoms with Gasteiger partial charge in [-0.25, -0.2) is 19.3 Å². The van der Waals surface area contributed by atoms with Gasteiger partial charge in [-0.05, 0) is 12.8 Å². The summed E-state index contributed by atoms with van der Waals surface area (Å²) in [5.41, 5.74) is -1.33. The van der Waals surface area contributed by atoms with Gasteiger partial charge in [-0.15, -0.1) is 0 Å². The van der Waals surface area contributed by atoms with Crippen LogP contribution in [0.3, 0.4) is 0 Å². The first-order chi connectivity index (χ1) is 14.8. The fourth-order valence-electron chi connectivity index (χ4n) is 3.21. The largest absolute Gasteiger partial charge is 0.481 e. The van der Waals surface area contributed by atoms with Crippen molar-refractivity contribution in [2.24, 2.45) is 0 Å². The van der Waals surface area contributed by atoms with Crippen LogP contribution in [0.15, 0.2) is 29.1 Å². The Hall–Kier alpha value is -3.57. The van der Waals surface area contributed by atoms with Gasteiger partial charge >= 0.3 is 6.18 Å². The smallest absolute Gasteiger partial charge is 0.434 e. The van der Waals surface area contributed by atoms with Crippen molar-refractivity contribution in [3.63, 3.8) is 0 Å². The fraction of sp³-hybridized carbons (Fsp3) is 0.316. The van der Waals surface area contributed by atoms with Gasteiger partial charge in [0.25, 0.3) is 5.91 Å². The molecule has 3 aromatic rings. The number of alkyl halides is 3. The minimum atomic E-state index is -4.72. The first-order valence-corrected chi connectivity index (χ1v) is 9.16. The van der Waals surface area contributed by atoms with Gasteiger partial charge in [0.2, 0.25) is 11.8 Å². The number of carbonyl (C=O) groups excluding carboxylic acids is 1. The highest BCUT2D eigenvalue weighted by atomic mass is 19.4. The van der Waals surface area contributed by atoms with Crippen LogP contribution in [-0.2, 0) is 12.6 Å². The van der Waals surface area contributed by atoms with Gasteiger partial charge in [0.05, 0.1) is 37.3 Å². The van der Waals surface area contributed by atoms with Gasteiger partial charge in [-0.1, -0.05) is 0 Å². The maximum atomic E-state index is 14.2. The predicted molar refractivity (Wildman–Crippen MR) is 96.4 cm³/mol. The van der Waals surface area contributed by atoms with E-state index < -0.39 is 35.3 Å². The van der Waals surface area contributed by atoms with Gasteiger partial charge in [0, 0.05) is 12.5 Å². The molecule has 1 amide bonds. The summed E-state index contributed by atoms with van der Waals surface area (Å²) in [6, 6.07) is 0.690. The van der Waals surface area contributed by atoms with Crippen molar-refractivity contribution in [3.8, 4) is 17.3 Å². The number of amides is 1. The molecular formula is C19H15F4N5O3. The third-order valence-electron chi connectivity index (χ3n) is 4.69. The molecule has 31 heavy (non-hydrogen) atoms. The van der Waals surface area contributed by atoms with Gasteiger partial charge in [0.1, 0.15) is 17.1 Å². The molecule has 1 atom stereocenters. The van der Waals surface area contributed by atoms with Crippen LogP contribution < -0.4 is 10.1 Å². The van der Waals surface area contributed by atoms with E-state index in [1.807, 2.05) is 0 Å². The number of nitrogens with zero attached hydrogens (tertiary/aromatic N) is 4. The summed E-state index contributed by atoms with van der Waals surface area (Å²) < 4.78 is 63.4. The van der Waals surface area contributed by atoms with E-state index in [0.717, 1.165) is 12.4 Å². The molecule has 3 heterocycles. The lowest BCUT2D eigenvalue weighted by molar-refractivity contribution is -0.141. The number of aryl methyl sites for hydroxylation is 1. The number of oxazole rings is 1. The van der Waals surface area contributed by atoms with Crippen molar-refractivity contribution in [3.05, 3.63) is 53.3 Å². The number of hydrogen-bond donors (Lipinski definition) is 1. The van der Waals surface area contributed by atoms with Crippen LogP contribution >= 0.6 is 0 Å². The van der Waals surface area contributed by atoms with Crippen molar-refractivity contribution >= 4 is 5.91 Å². The Bertz CT molecular complexity index is 1130. The molecule has 4 rings (SSSR count). The molecule has 0 bridgehead atoms. The van der Waals surface area contributed by atoms with E-state index in [0.29, 0.717) is 36.9 Å². The molecule has 0 saturated carbocycles. The van der Waals surface area contributed by atoms with Crippen molar-refractivity contribution in [1.29, 1.82) is 0 Å². The maximum Gasteiger partial charge on any atom is 0.434 e. The van der Waals surface area contributed by atoms with Crippen molar-refractivity contribution in [1.82, 2.24) is 25.3 Å². The number of ether oxygens (including phenoxy) is 1. The van der Waals surface area contributed by atoms with Gasteiger partial charge in [-0.2, -0.15) is 13.2 Å². The molecule has 0 radical (unpaired) electrons. The van der Waals surface area contributed by atoms with Crippen molar-refractivity contribution < 1.29 is 31.5 Å². The molecule has 0 saturated heterocycles. The molecule has 0 aromatic carbocycles. The van der Waals surface area contributed by atoms with Gasteiger partial charge in [0.15, 0.2) is 11.5 Å². The predicted octanol–water partition coefficient (Wildman–Crippen LogP) is 3.50. The summed E-state index contributed by atoms with van der Waals surface area (Å²) in [7, 11) is 1.38. The molecule has 12 heteroatoms. The number of nitrogens with one attached hydrogen (secondary N) is 1. The molecule has 0 aliphatic heterocycles. The zero-order valence-electron chi connectivity index (χ0n) is 16.0. The SMILES string of the molecule is COc1cc(-c2nc3c(o2)CCC[C@@H]3NC(=O)c2cncc(C(F)(F)F)n2)c(F)cn1. The second-order valence-electron chi connectivity index (χ2n) is 6.74. The molecule has 0 spiro atoms. The number of carbonyl (C=O) groups is 1. The van der Waals surface area contributed by atoms with E-state index in [-0.39, 0.29) is 17.3 Å². The molecule has 3 aromatic heterocycles. The van der Waals surface area contributed by atoms with E-state index in [9.17, 15) is 22.4 Å². The van der Waals surface area contributed by atoms with Crippen LogP contribution in [0, 0.1) is 5.82 Å². The molecule has 0 fully saturated rings. The van der Waals surface area contributed by atoms with E-state index in [1.54, 1.807) is 0 Å². The molecule has 1 N–H and O–H groups in total. The summed E-state index contributed by atoms with van der Waals surface area (Å²) in [6.07, 6.45) is -0.650. The Labute approximate surface area is 172 Å². The van der Waals surface area contributed by atoms with E-state index in [4.69, 9.17) is 9.15 Å². The summed E-state index contributed by atoms with van der Waals surface area (Å²) in [6.45, 7) is 0. The molecule has 8 nitrogen and oxygen atoms in total. The second-order valence-corrected chi connectivity index (χ2v) is 6.74. The van der Waals surface area contributed by atoms with Crippen LogP contribution in [0.5, 0.6) is 5.88 Å². The number of fused-ring (bicyclic) bond motifs is 1. The van der Waals surface area contributed by atoms with E-state index >= 15 is 0 Å². The Morgan fingerprint density at radius 2 is 2.06 bits per heavy atom. The third kappa shape index (κ3) is 4.18. The zero-order chi connectivity index (χ0) is 22.2. The minimum Gasteiger partial charge on any atom is -0.481 e. The van der Waals surface area contributed by atoms with Crippen molar-refractivity contribution in [2.45, 2.75) is 31.5 Å². The minimum absolute atomic E-state index is 0.0109. The summed E-state index contributed by atoms with van der Waals surface area (Å²) >= 11 is 0. The summed E-state index contributed by atoms with van der Waals surface area (Å²) in [4.78, 5) is 27.4. The first-order valence-electron chi connectivity index (χ1n) is 9.16. The Balaban J connectivity index is 1.60. The highest BCUT2D eigenvalue weighted by molar-refractivity contribution is 5.92. The van der Waals surface area contributed by atoms with Crippen LogP contribution in [0.25, 0.3) is 11.5 Å². The molecular weight excluding hydrogens is 422 g/mol. The monoisotopic (exact) mass is 437 g/mol. The van der Waals surface area contributed by atoms with Crippen molar-refractivity contribution in [2.75, 3.05) is 7.11 Å². The normalized spacial score (nSPS) is 16.0. The standard InChI is InChI=1S/C19H15F4N5O3/c1-30-15-5-9(10(20)6-25-15)18-28-16-11(3-2-4-13(16)31-18)27-17(29)12-7-24-8-14(26-12)19(21,22)23/h5-8,11H,2-4H2,1H3,(H,27,29)/t11-/m0/s1. The number of halogens is 4. The summed E-state index contributed by atoms with van der Waals surface area (Å²) in [5, 5.41) is 2.61. The lowest BCUT2D eigenvalue weighted by atomic mass is 9.96. The maximum absolute atomic E-state index is 14.2. The van der Waals surface area contributed by atoms with Crippen LogP contribution in [0.4, 0.5) is 17.6 Å². The first kappa shape index (κ1) is 20.7. The molecule has 1 aliphatic rings.